The quantitative estimate of drug-likeness (QED) is 0.845. The van der Waals surface area contributed by atoms with Crippen LogP contribution in [0.2, 0.25) is 0 Å². The molecule has 1 aromatic carbocycles. The van der Waals surface area contributed by atoms with Gasteiger partial charge in [-0.1, -0.05) is 13.0 Å². The van der Waals surface area contributed by atoms with Crippen molar-refractivity contribution in [3.05, 3.63) is 29.6 Å². The number of hydrogen-bond donors (Lipinski definition) is 2. The lowest BCUT2D eigenvalue weighted by Crippen LogP contribution is -2.33. The van der Waals surface area contributed by atoms with Crippen molar-refractivity contribution in [3.8, 4) is 0 Å². The lowest BCUT2D eigenvalue weighted by Gasteiger charge is -2.16. The highest BCUT2D eigenvalue weighted by Gasteiger charge is 2.23. The van der Waals surface area contributed by atoms with E-state index in [4.69, 9.17) is 5.73 Å². The minimum absolute atomic E-state index is 0.0132. The average molecular weight is 260 g/mol. The van der Waals surface area contributed by atoms with E-state index in [9.17, 15) is 12.8 Å². The summed E-state index contributed by atoms with van der Waals surface area (Å²) in [7, 11) is -3.63. The van der Waals surface area contributed by atoms with Crippen molar-refractivity contribution < 1.29 is 12.8 Å². The summed E-state index contributed by atoms with van der Waals surface area (Å²) in [5, 5.41) is -0.706. The Morgan fingerprint density at radius 2 is 2.12 bits per heavy atom. The molecule has 0 aliphatic rings. The average Bonchev–Trinajstić information content (AvgIpc) is 2.24. The van der Waals surface area contributed by atoms with Crippen molar-refractivity contribution in [1.29, 1.82) is 0 Å². The molecule has 1 unspecified atom stereocenters. The van der Waals surface area contributed by atoms with Gasteiger partial charge in [0.15, 0.2) is 0 Å². The van der Waals surface area contributed by atoms with E-state index in [-0.39, 0.29) is 12.2 Å². The summed E-state index contributed by atoms with van der Waals surface area (Å²) in [6.07, 6.45) is 0.388. The molecule has 0 bridgehead atoms. The Balaban J connectivity index is 3.01. The third kappa shape index (κ3) is 3.41. The predicted octanol–water partition coefficient (Wildman–Crippen LogP) is 1.61. The molecule has 6 heteroatoms. The van der Waals surface area contributed by atoms with Gasteiger partial charge in [-0.2, -0.15) is 0 Å². The fourth-order valence-electron chi connectivity index (χ4n) is 1.47. The smallest absolute Gasteiger partial charge is 0.236 e. The fraction of sp³-hybridized carbons (Fsp3) is 0.455. The highest BCUT2D eigenvalue weighted by atomic mass is 32.2. The van der Waals surface area contributed by atoms with Gasteiger partial charge in [0.2, 0.25) is 10.0 Å². The summed E-state index contributed by atoms with van der Waals surface area (Å²) < 4.78 is 39.4. The van der Waals surface area contributed by atoms with Gasteiger partial charge in [-0.25, -0.2) is 12.8 Å². The summed E-state index contributed by atoms with van der Waals surface area (Å²) in [6, 6.07) is 4.26. The number of anilines is 1. The number of rotatable bonds is 5. The molecule has 0 amide bonds. The van der Waals surface area contributed by atoms with Gasteiger partial charge in [-0.15, -0.1) is 0 Å². The van der Waals surface area contributed by atoms with Crippen LogP contribution in [0.3, 0.4) is 0 Å². The van der Waals surface area contributed by atoms with Crippen LogP contribution >= 0.6 is 0 Å². The maximum absolute atomic E-state index is 13.4. The standard InChI is InChI=1S/C11H17FN2O2S/c1-3-9(7-13)17(15,16)14-11-6-8(2)4-5-10(11)12/h4-6,9,14H,3,7,13H2,1-2H3. The number of halogens is 1. The molecule has 0 saturated heterocycles. The molecule has 0 aliphatic carbocycles. The summed E-state index contributed by atoms with van der Waals surface area (Å²) in [5.74, 6) is -0.592. The Hall–Kier alpha value is -1.14. The summed E-state index contributed by atoms with van der Waals surface area (Å²) in [4.78, 5) is 0. The molecule has 1 atom stereocenters. The molecule has 0 saturated carbocycles. The lowest BCUT2D eigenvalue weighted by molar-refractivity contribution is 0.579. The van der Waals surface area contributed by atoms with Gasteiger partial charge >= 0.3 is 0 Å². The highest BCUT2D eigenvalue weighted by Crippen LogP contribution is 2.19. The van der Waals surface area contributed by atoms with Crippen LogP contribution in [0.4, 0.5) is 10.1 Å². The molecule has 0 spiro atoms. The molecule has 96 valence electrons. The van der Waals surface area contributed by atoms with Gasteiger partial charge in [0.05, 0.1) is 10.9 Å². The molecule has 0 fully saturated rings. The van der Waals surface area contributed by atoms with E-state index < -0.39 is 21.1 Å². The summed E-state index contributed by atoms with van der Waals surface area (Å²) >= 11 is 0. The molecule has 0 radical (unpaired) electrons. The van der Waals surface area contributed by atoms with Crippen LogP contribution in [0.1, 0.15) is 18.9 Å². The van der Waals surface area contributed by atoms with Crippen LogP contribution in [0, 0.1) is 12.7 Å². The minimum Gasteiger partial charge on any atom is -0.329 e. The first kappa shape index (κ1) is 13.9. The first-order valence-corrected chi connectivity index (χ1v) is 6.93. The van der Waals surface area contributed by atoms with Gasteiger partial charge in [0.25, 0.3) is 0 Å². The van der Waals surface area contributed by atoms with Crippen LogP contribution in [-0.2, 0) is 10.0 Å². The molecule has 1 aromatic rings. The van der Waals surface area contributed by atoms with Crippen molar-refractivity contribution in [2.24, 2.45) is 5.73 Å². The topological polar surface area (TPSA) is 72.2 Å². The molecular weight excluding hydrogens is 243 g/mol. The number of aryl methyl sites for hydroxylation is 1. The number of benzene rings is 1. The summed E-state index contributed by atoms with van der Waals surface area (Å²) in [6.45, 7) is 3.50. The Kier molecular flexibility index (Phi) is 4.47. The third-order valence-electron chi connectivity index (χ3n) is 2.53. The van der Waals surface area contributed by atoms with Crippen LogP contribution in [0.25, 0.3) is 0 Å². The Labute approximate surface area is 101 Å². The van der Waals surface area contributed by atoms with Crippen LogP contribution in [0.5, 0.6) is 0 Å². The maximum atomic E-state index is 13.4. The molecule has 0 aromatic heterocycles. The van der Waals surface area contributed by atoms with E-state index in [0.717, 1.165) is 5.56 Å². The predicted molar refractivity (Wildman–Crippen MR) is 66.8 cm³/mol. The Morgan fingerprint density at radius 3 is 2.65 bits per heavy atom. The van der Waals surface area contributed by atoms with Crippen molar-refractivity contribution >= 4 is 15.7 Å². The van der Waals surface area contributed by atoms with Crippen LogP contribution < -0.4 is 10.5 Å². The van der Waals surface area contributed by atoms with E-state index in [1.54, 1.807) is 19.9 Å². The van der Waals surface area contributed by atoms with Crippen LogP contribution in [-0.4, -0.2) is 20.2 Å². The second-order valence-corrected chi connectivity index (χ2v) is 5.86. The number of nitrogens with one attached hydrogen (secondary N) is 1. The monoisotopic (exact) mass is 260 g/mol. The van der Waals surface area contributed by atoms with Gasteiger partial charge < -0.3 is 5.73 Å². The van der Waals surface area contributed by atoms with Gasteiger partial charge in [0.1, 0.15) is 5.82 Å². The fourth-order valence-corrected chi connectivity index (χ4v) is 2.79. The number of nitrogens with two attached hydrogens (primary N) is 1. The van der Waals surface area contributed by atoms with Crippen molar-refractivity contribution in [2.75, 3.05) is 11.3 Å². The van der Waals surface area contributed by atoms with Gasteiger partial charge in [-0.05, 0) is 31.0 Å². The molecule has 4 nitrogen and oxygen atoms in total. The number of hydrogen-bond acceptors (Lipinski definition) is 3. The van der Waals surface area contributed by atoms with Crippen molar-refractivity contribution in [3.63, 3.8) is 0 Å². The van der Waals surface area contributed by atoms with E-state index in [1.807, 2.05) is 0 Å². The SMILES string of the molecule is CCC(CN)S(=O)(=O)Nc1cc(C)ccc1F. The molecule has 0 aliphatic heterocycles. The molecule has 1 rings (SSSR count). The molecule has 0 heterocycles. The third-order valence-corrected chi connectivity index (χ3v) is 4.44. The minimum atomic E-state index is -3.63. The number of sulfonamides is 1. The first-order valence-electron chi connectivity index (χ1n) is 5.38. The van der Waals surface area contributed by atoms with E-state index in [0.29, 0.717) is 6.42 Å². The highest BCUT2D eigenvalue weighted by molar-refractivity contribution is 7.93. The Morgan fingerprint density at radius 1 is 1.47 bits per heavy atom. The van der Waals surface area contributed by atoms with Crippen molar-refractivity contribution in [1.82, 2.24) is 0 Å². The first-order chi connectivity index (χ1) is 7.90. The largest absolute Gasteiger partial charge is 0.329 e. The van der Waals surface area contributed by atoms with Crippen LogP contribution in [0.15, 0.2) is 18.2 Å². The zero-order valence-electron chi connectivity index (χ0n) is 9.90. The zero-order chi connectivity index (χ0) is 13.1. The van der Waals surface area contributed by atoms with E-state index >= 15 is 0 Å². The second kappa shape index (κ2) is 5.46. The second-order valence-electron chi connectivity index (χ2n) is 3.90. The lowest BCUT2D eigenvalue weighted by atomic mass is 10.2. The Bertz CT molecular complexity index is 484. The molecular formula is C11H17FN2O2S. The van der Waals surface area contributed by atoms with E-state index in [2.05, 4.69) is 4.72 Å². The maximum Gasteiger partial charge on any atom is 0.236 e. The summed E-state index contributed by atoms with van der Waals surface area (Å²) in [5.41, 5.74) is 6.13. The molecule has 3 N–H and O–H groups in total. The zero-order valence-corrected chi connectivity index (χ0v) is 10.7. The van der Waals surface area contributed by atoms with Gasteiger partial charge in [0, 0.05) is 6.54 Å². The van der Waals surface area contributed by atoms with Gasteiger partial charge in [-0.3, -0.25) is 4.72 Å². The molecule has 17 heavy (non-hydrogen) atoms. The van der Waals surface area contributed by atoms with Crippen molar-refractivity contribution in [2.45, 2.75) is 25.5 Å². The normalized spacial score (nSPS) is 13.4. The van der Waals surface area contributed by atoms with E-state index in [1.165, 1.54) is 12.1 Å².